The van der Waals surface area contributed by atoms with Crippen molar-refractivity contribution in [1.82, 2.24) is 4.90 Å². The number of nitrogens with zero attached hydrogens (tertiary/aromatic N) is 2. The molecule has 1 amide bonds. The lowest BCUT2D eigenvalue weighted by atomic mass is 9.47. The van der Waals surface area contributed by atoms with E-state index in [2.05, 4.69) is 34.1 Å². The first-order valence-corrected chi connectivity index (χ1v) is 10.3. The van der Waals surface area contributed by atoms with Gasteiger partial charge in [0.2, 0.25) is 5.91 Å². The van der Waals surface area contributed by atoms with Crippen molar-refractivity contribution in [2.45, 2.75) is 50.5 Å². The number of rotatable bonds is 3. The van der Waals surface area contributed by atoms with Crippen LogP contribution in [0.25, 0.3) is 0 Å². The van der Waals surface area contributed by atoms with Gasteiger partial charge in [0, 0.05) is 38.3 Å². The molecule has 4 bridgehead atoms. The summed E-state index contributed by atoms with van der Waals surface area (Å²) >= 11 is 0. The first-order valence-electron chi connectivity index (χ1n) is 10.3. The molecule has 4 saturated carbocycles. The van der Waals surface area contributed by atoms with Crippen molar-refractivity contribution in [3.8, 4) is 0 Å². The summed E-state index contributed by atoms with van der Waals surface area (Å²) in [7, 11) is 0. The molecule has 6 rings (SSSR count). The van der Waals surface area contributed by atoms with E-state index in [4.69, 9.17) is 0 Å². The van der Waals surface area contributed by atoms with E-state index in [0.717, 1.165) is 45.4 Å². The van der Waals surface area contributed by atoms with Gasteiger partial charge in [-0.2, -0.15) is 0 Å². The van der Waals surface area contributed by atoms with Crippen molar-refractivity contribution >= 4 is 11.6 Å². The van der Waals surface area contributed by atoms with Crippen LogP contribution in [0, 0.1) is 17.3 Å². The van der Waals surface area contributed by atoms with Crippen molar-refractivity contribution in [2.24, 2.45) is 17.3 Å². The zero-order valence-electron chi connectivity index (χ0n) is 15.6. The maximum absolute atomic E-state index is 13.1. The summed E-state index contributed by atoms with van der Waals surface area (Å²) in [5.74, 6) is 1.64. The highest BCUT2D eigenvalue weighted by Crippen LogP contribution is 2.62. The van der Waals surface area contributed by atoms with Gasteiger partial charge in [0.25, 0.3) is 0 Å². The van der Waals surface area contributed by atoms with E-state index < -0.39 is 5.60 Å². The van der Waals surface area contributed by atoms with Gasteiger partial charge in [0.05, 0.1) is 5.60 Å². The van der Waals surface area contributed by atoms with Crippen LogP contribution in [0.2, 0.25) is 0 Å². The number of carbonyl (C=O) groups is 1. The van der Waals surface area contributed by atoms with Gasteiger partial charge in [-0.3, -0.25) is 4.79 Å². The monoisotopic (exact) mass is 354 g/mol. The third kappa shape index (κ3) is 2.92. The summed E-state index contributed by atoms with van der Waals surface area (Å²) in [5, 5.41) is 10.9. The van der Waals surface area contributed by atoms with Crippen LogP contribution in [0.15, 0.2) is 30.3 Å². The number of piperazine rings is 1. The highest BCUT2D eigenvalue weighted by molar-refractivity contribution is 5.77. The largest absolute Gasteiger partial charge is 0.390 e. The van der Waals surface area contributed by atoms with Gasteiger partial charge in [-0.1, -0.05) is 18.2 Å². The van der Waals surface area contributed by atoms with Crippen LogP contribution in [-0.2, 0) is 4.79 Å². The topological polar surface area (TPSA) is 43.8 Å². The van der Waals surface area contributed by atoms with E-state index in [1.807, 2.05) is 6.07 Å². The van der Waals surface area contributed by atoms with E-state index in [9.17, 15) is 9.90 Å². The predicted molar refractivity (Wildman–Crippen MR) is 102 cm³/mol. The number of anilines is 1. The molecule has 5 fully saturated rings. The van der Waals surface area contributed by atoms with Crippen LogP contribution < -0.4 is 4.90 Å². The maximum Gasteiger partial charge on any atom is 0.223 e. The third-order valence-electron chi connectivity index (χ3n) is 7.43. The van der Waals surface area contributed by atoms with Gasteiger partial charge in [0.15, 0.2) is 0 Å². The highest BCUT2D eigenvalue weighted by atomic mass is 16.3. The van der Waals surface area contributed by atoms with Crippen molar-refractivity contribution < 1.29 is 9.90 Å². The molecule has 1 aliphatic heterocycles. The summed E-state index contributed by atoms with van der Waals surface area (Å²) in [5.41, 5.74) is 0.881. The molecule has 140 valence electrons. The molecular weight excluding hydrogens is 324 g/mol. The minimum absolute atomic E-state index is 0.0898. The van der Waals surface area contributed by atoms with E-state index in [1.165, 1.54) is 24.9 Å². The van der Waals surface area contributed by atoms with Crippen LogP contribution in [0.4, 0.5) is 5.69 Å². The molecule has 0 unspecified atom stereocenters. The minimum Gasteiger partial charge on any atom is -0.390 e. The molecular formula is C22H30N2O2. The Morgan fingerprint density at radius 3 is 2.27 bits per heavy atom. The third-order valence-corrected chi connectivity index (χ3v) is 7.43. The Bertz CT molecular complexity index is 667. The lowest BCUT2D eigenvalue weighted by Gasteiger charge is -2.60. The quantitative estimate of drug-likeness (QED) is 0.907. The zero-order chi connectivity index (χ0) is 17.8. The molecule has 0 radical (unpaired) electrons. The van der Waals surface area contributed by atoms with Gasteiger partial charge in [-0.25, -0.2) is 0 Å². The van der Waals surface area contributed by atoms with Gasteiger partial charge < -0.3 is 14.9 Å². The van der Waals surface area contributed by atoms with Crippen LogP contribution >= 0.6 is 0 Å². The van der Waals surface area contributed by atoms with Crippen LogP contribution in [0.5, 0.6) is 0 Å². The molecule has 4 aliphatic carbocycles. The smallest absolute Gasteiger partial charge is 0.223 e. The number of hydrogen-bond donors (Lipinski definition) is 1. The molecule has 1 aromatic rings. The molecule has 4 heteroatoms. The number of carbonyl (C=O) groups excluding carboxylic acids is 1. The number of benzene rings is 1. The molecule has 0 aromatic heterocycles. The second-order valence-corrected chi connectivity index (χ2v) is 9.57. The van der Waals surface area contributed by atoms with Gasteiger partial charge in [-0.05, 0) is 67.9 Å². The van der Waals surface area contributed by atoms with E-state index in [-0.39, 0.29) is 5.41 Å². The molecule has 1 N–H and O–H groups in total. The summed E-state index contributed by atoms with van der Waals surface area (Å²) in [6.45, 7) is 3.47. The van der Waals surface area contributed by atoms with Crippen LogP contribution in [0.1, 0.15) is 44.9 Å². The standard InChI is InChI=1S/C22H30N2O2/c25-20(24-8-6-23(7-9-24)19-4-2-1-3-5-19)15-21-11-17-10-18(12-21)14-22(26,13-17)16-21/h1-5,17-18,26H,6-16H2/t17-,18-,21?,22?/m1/s1. The average molecular weight is 354 g/mol. The van der Waals surface area contributed by atoms with Gasteiger partial charge in [-0.15, -0.1) is 0 Å². The predicted octanol–water partition coefficient (Wildman–Crippen LogP) is 3.06. The van der Waals surface area contributed by atoms with Crippen molar-refractivity contribution in [3.05, 3.63) is 30.3 Å². The molecule has 0 spiro atoms. The zero-order valence-corrected chi connectivity index (χ0v) is 15.6. The second-order valence-electron chi connectivity index (χ2n) is 9.57. The summed E-state index contributed by atoms with van der Waals surface area (Å²) < 4.78 is 0. The van der Waals surface area contributed by atoms with Gasteiger partial charge in [0.1, 0.15) is 0 Å². The number of aliphatic hydroxyl groups is 1. The summed E-state index contributed by atoms with van der Waals surface area (Å²) in [4.78, 5) is 17.5. The van der Waals surface area contributed by atoms with Crippen LogP contribution in [-0.4, -0.2) is 47.7 Å². The van der Waals surface area contributed by atoms with Crippen molar-refractivity contribution in [2.75, 3.05) is 31.1 Å². The molecule has 26 heavy (non-hydrogen) atoms. The number of amides is 1. The Morgan fingerprint density at radius 1 is 1.00 bits per heavy atom. The molecule has 4 nitrogen and oxygen atoms in total. The Hall–Kier alpha value is -1.55. The Kier molecular flexibility index (Phi) is 3.82. The van der Waals surface area contributed by atoms with Crippen LogP contribution in [0.3, 0.4) is 0 Å². The van der Waals surface area contributed by atoms with Gasteiger partial charge >= 0.3 is 0 Å². The van der Waals surface area contributed by atoms with E-state index in [1.54, 1.807) is 0 Å². The normalized spacial score (nSPS) is 38.7. The second kappa shape index (κ2) is 5.98. The number of hydrogen-bond acceptors (Lipinski definition) is 3. The first-order chi connectivity index (χ1) is 12.5. The number of para-hydroxylation sites is 1. The lowest BCUT2D eigenvalue weighted by Crippen LogP contribution is -2.57. The fourth-order valence-electron chi connectivity index (χ4n) is 6.89. The maximum atomic E-state index is 13.1. The molecule has 2 atom stereocenters. The Balaban J connectivity index is 1.22. The molecule has 5 aliphatic rings. The van der Waals surface area contributed by atoms with E-state index >= 15 is 0 Å². The van der Waals surface area contributed by atoms with Crippen molar-refractivity contribution in [1.29, 1.82) is 0 Å². The molecule has 1 heterocycles. The SMILES string of the molecule is O=C(CC12C[C@H]3C[C@@H](CC(O)(C3)C1)C2)N1CCN(c2ccccc2)CC1. The first kappa shape index (κ1) is 16.6. The molecule has 1 saturated heterocycles. The van der Waals surface area contributed by atoms with Crippen molar-refractivity contribution in [3.63, 3.8) is 0 Å². The summed E-state index contributed by atoms with van der Waals surface area (Å²) in [6.07, 6.45) is 7.11. The Labute approximate surface area is 156 Å². The summed E-state index contributed by atoms with van der Waals surface area (Å²) in [6, 6.07) is 10.5. The highest BCUT2D eigenvalue weighted by Gasteiger charge is 2.57. The fraction of sp³-hybridized carbons (Fsp3) is 0.682. The minimum atomic E-state index is -0.462. The lowest BCUT2D eigenvalue weighted by molar-refractivity contribution is -0.172. The fourth-order valence-corrected chi connectivity index (χ4v) is 6.89. The molecule has 1 aromatic carbocycles. The average Bonchev–Trinajstić information content (AvgIpc) is 2.60. The van der Waals surface area contributed by atoms with E-state index in [0.29, 0.717) is 24.2 Å². The Morgan fingerprint density at radius 2 is 1.65 bits per heavy atom.